The molecule has 112 valence electrons. The van der Waals surface area contributed by atoms with Gasteiger partial charge in [0.25, 0.3) is 5.89 Å². The molecule has 0 N–H and O–H groups in total. The molecule has 21 heavy (non-hydrogen) atoms. The van der Waals surface area contributed by atoms with Crippen LogP contribution < -0.4 is 0 Å². The molecule has 2 heterocycles. The van der Waals surface area contributed by atoms with E-state index in [-0.39, 0.29) is 0 Å². The largest absolute Gasteiger partial charge is 0.379 e. The van der Waals surface area contributed by atoms with E-state index in [9.17, 15) is 0 Å². The van der Waals surface area contributed by atoms with Crippen LogP contribution in [0.1, 0.15) is 5.82 Å². The van der Waals surface area contributed by atoms with Crippen molar-refractivity contribution in [3.8, 4) is 11.5 Å². The number of hydrogen-bond donors (Lipinski definition) is 0. The van der Waals surface area contributed by atoms with E-state index in [0.717, 1.165) is 55.7 Å². The molecule has 6 heteroatoms. The molecule has 0 unspecified atom stereocenters. The van der Waals surface area contributed by atoms with Crippen molar-refractivity contribution in [1.29, 1.82) is 0 Å². The molecule has 0 aliphatic carbocycles. The van der Waals surface area contributed by atoms with Crippen LogP contribution >= 0.6 is 11.8 Å². The summed E-state index contributed by atoms with van der Waals surface area (Å²) in [6.45, 7) is 4.89. The van der Waals surface area contributed by atoms with Gasteiger partial charge in [0.05, 0.1) is 19.0 Å². The number of nitrogens with zero attached hydrogens (tertiary/aromatic N) is 3. The molecule has 1 fully saturated rings. The van der Waals surface area contributed by atoms with Crippen molar-refractivity contribution in [1.82, 2.24) is 15.0 Å². The predicted molar refractivity (Wildman–Crippen MR) is 83.2 cm³/mol. The molecule has 0 atom stereocenters. The van der Waals surface area contributed by atoms with Crippen molar-refractivity contribution in [2.24, 2.45) is 0 Å². The lowest BCUT2D eigenvalue weighted by Gasteiger charge is -2.26. The Kier molecular flexibility index (Phi) is 5.26. The Morgan fingerprint density at radius 1 is 1.14 bits per heavy atom. The first-order valence-electron chi connectivity index (χ1n) is 7.18. The highest BCUT2D eigenvalue weighted by Gasteiger charge is 2.11. The summed E-state index contributed by atoms with van der Waals surface area (Å²) in [6.07, 6.45) is 0. The SMILES string of the molecule is c1ccc(-c2nc(CSCCN3CCOCC3)no2)cc1. The van der Waals surface area contributed by atoms with E-state index in [1.54, 1.807) is 0 Å². The van der Waals surface area contributed by atoms with Crippen molar-refractivity contribution >= 4 is 11.8 Å². The molecule has 0 saturated carbocycles. The van der Waals surface area contributed by atoms with Gasteiger partial charge in [-0.1, -0.05) is 23.4 Å². The second-order valence-corrected chi connectivity index (χ2v) is 5.99. The van der Waals surface area contributed by atoms with Gasteiger partial charge in [0.2, 0.25) is 0 Å². The van der Waals surface area contributed by atoms with Crippen LogP contribution in [-0.2, 0) is 10.5 Å². The van der Waals surface area contributed by atoms with Crippen LogP contribution in [-0.4, -0.2) is 53.6 Å². The third-order valence-electron chi connectivity index (χ3n) is 3.38. The van der Waals surface area contributed by atoms with Crippen molar-refractivity contribution in [3.05, 3.63) is 36.2 Å². The highest BCUT2D eigenvalue weighted by atomic mass is 32.2. The van der Waals surface area contributed by atoms with Crippen molar-refractivity contribution in [2.45, 2.75) is 5.75 Å². The van der Waals surface area contributed by atoms with E-state index in [1.165, 1.54) is 0 Å². The minimum Gasteiger partial charge on any atom is -0.379 e. The number of ether oxygens (including phenoxy) is 1. The topological polar surface area (TPSA) is 51.4 Å². The van der Waals surface area contributed by atoms with Gasteiger partial charge in [0.15, 0.2) is 5.82 Å². The summed E-state index contributed by atoms with van der Waals surface area (Å²) < 4.78 is 10.6. The standard InChI is InChI=1S/C15H19N3O2S/c1-2-4-13(5-3-1)15-16-14(17-20-15)12-21-11-8-18-6-9-19-10-7-18/h1-5H,6-12H2. The molecule has 0 spiro atoms. The predicted octanol–water partition coefficient (Wildman–Crippen LogP) is 2.30. The van der Waals surface area contributed by atoms with Gasteiger partial charge in [-0.3, -0.25) is 4.90 Å². The quantitative estimate of drug-likeness (QED) is 0.763. The normalized spacial score (nSPS) is 16.2. The Labute approximate surface area is 128 Å². The maximum Gasteiger partial charge on any atom is 0.257 e. The monoisotopic (exact) mass is 305 g/mol. The van der Waals surface area contributed by atoms with E-state index < -0.39 is 0 Å². The molecule has 2 aromatic rings. The van der Waals surface area contributed by atoms with Crippen LogP contribution in [0.4, 0.5) is 0 Å². The van der Waals surface area contributed by atoms with Crippen LogP contribution in [0.15, 0.2) is 34.9 Å². The van der Waals surface area contributed by atoms with E-state index in [0.29, 0.717) is 5.89 Å². The van der Waals surface area contributed by atoms with E-state index in [4.69, 9.17) is 9.26 Å². The fourth-order valence-corrected chi connectivity index (χ4v) is 3.02. The minimum atomic E-state index is 0.597. The number of rotatable bonds is 6. The van der Waals surface area contributed by atoms with E-state index in [1.807, 2.05) is 42.1 Å². The maximum absolute atomic E-state index is 5.34. The summed E-state index contributed by atoms with van der Waals surface area (Å²) in [6, 6.07) is 9.86. The molecular formula is C15H19N3O2S. The molecule has 0 bridgehead atoms. The molecular weight excluding hydrogens is 286 g/mol. The Balaban J connectivity index is 1.42. The average Bonchev–Trinajstić information content (AvgIpc) is 3.02. The second kappa shape index (κ2) is 7.59. The van der Waals surface area contributed by atoms with Crippen LogP contribution in [0.25, 0.3) is 11.5 Å². The Morgan fingerprint density at radius 3 is 2.76 bits per heavy atom. The fourth-order valence-electron chi connectivity index (χ4n) is 2.19. The zero-order valence-corrected chi connectivity index (χ0v) is 12.7. The number of aromatic nitrogens is 2. The molecule has 1 aromatic heterocycles. The molecule has 1 aromatic carbocycles. The Bertz CT molecular complexity index is 541. The number of benzene rings is 1. The van der Waals surface area contributed by atoms with Gasteiger partial charge in [-0.2, -0.15) is 16.7 Å². The van der Waals surface area contributed by atoms with E-state index >= 15 is 0 Å². The first-order chi connectivity index (χ1) is 10.4. The lowest BCUT2D eigenvalue weighted by Crippen LogP contribution is -2.37. The lowest BCUT2D eigenvalue weighted by atomic mass is 10.2. The smallest absolute Gasteiger partial charge is 0.257 e. The third kappa shape index (κ3) is 4.30. The van der Waals surface area contributed by atoms with Gasteiger partial charge in [-0.25, -0.2) is 0 Å². The van der Waals surface area contributed by atoms with Gasteiger partial charge >= 0.3 is 0 Å². The van der Waals surface area contributed by atoms with Crippen LogP contribution in [0, 0.1) is 0 Å². The minimum absolute atomic E-state index is 0.597. The summed E-state index contributed by atoms with van der Waals surface area (Å²) in [5.74, 6) is 3.23. The van der Waals surface area contributed by atoms with Crippen LogP contribution in [0.5, 0.6) is 0 Å². The van der Waals surface area contributed by atoms with Crippen LogP contribution in [0.3, 0.4) is 0 Å². The molecule has 3 rings (SSSR count). The first-order valence-corrected chi connectivity index (χ1v) is 8.33. The number of morpholine rings is 1. The zero-order chi connectivity index (χ0) is 14.3. The van der Waals surface area contributed by atoms with Gasteiger partial charge in [-0.15, -0.1) is 0 Å². The average molecular weight is 305 g/mol. The fraction of sp³-hybridized carbons (Fsp3) is 0.467. The summed E-state index contributed by atoms with van der Waals surface area (Å²) in [5, 5.41) is 4.04. The Morgan fingerprint density at radius 2 is 1.95 bits per heavy atom. The van der Waals surface area contributed by atoms with Gasteiger partial charge in [-0.05, 0) is 12.1 Å². The van der Waals surface area contributed by atoms with E-state index in [2.05, 4.69) is 15.0 Å². The zero-order valence-electron chi connectivity index (χ0n) is 11.9. The summed E-state index contributed by atoms with van der Waals surface area (Å²) in [7, 11) is 0. The van der Waals surface area contributed by atoms with Crippen molar-refractivity contribution in [3.63, 3.8) is 0 Å². The third-order valence-corrected chi connectivity index (χ3v) is 4.31. The van der Waals surface area contributed by atoms with Crippen molar-refractivity contribution in [2.75, 3.05) is 38.6 Å². The lowest BCUT2D eigenvalue weighted by molar-refractivity contribution is 0.0410. The molecule has 0 radical (unpaired) electrons. The molecule has 1 aliphatic rings. The van der Waals surface area contributed by atoms with Gasteiger partial charge in [0, 0.05) is 31.0 Å². The highest BCUT2D eigenvalue weighted by molar-refractivity contribution is 7.98. The highest BCUT2D eigenvalue weighted by Crippen LogP contribution is 2.18. The summed E-state index contributed by atoms with van der Waals surface area (Å²) in [4.78, 5) is 6.87. The summed E-state index contributed by atoms with van der Waals surface area (Å²) >= 11 is 1.84. The second-order valence-electron chi connectivity index (χ2n) is 4.89. The molecule has 5 nitrogen and oxygen atoms in total. The first kappa shape index (κ1) is 14.6. The Hall–Kier alpha value is -1.37. The summed E-state index contributed by atoms with van der Waals surface area (Å²) in [5.41, 5.74) is 0.967. The molecule has 1 aliphatic heterocycles. The molecule has 1 saturated heterocycles. The molecule has 0 amide bonds. The number of hydrogen-bond acceptors (Lipinski definition) is 6. The number of thioether (sulfide) groups is 1. The maximum atomic E-state index is 5.34. The van der Waals surface area contributed by atoms with Gasteiger partial charge < -0.3 is 9.26 Å². The van der Waals surface area contributed by atoms with Crippen molar-refractivity contribution < 1.29 is 9.26 Å². The van der Waals surface area contributed by atoms with Crippen LogP contribution in [0.2, 0.25) is 0 Å². The van der Waals surface area contributed by atoms with Gasteiger partial charge in [0.1, 0.15) is 0 Å².